The second kappa shape index (κ2) is 8.27. The molecule has 2 atom stereocenters. The molecule has 28 heavy (non-hydrogen) atoms. The standard InChI is InChI=1S/C18H28BN3O5S/c1-17(2)18(3,4)27-19(26-17)12-8-20-16(21-9-12)28-13-6-5-7-22(10-13)15(25)14(24)11-23/h8-9,13-14,23-24H,5-7,10-11H2,1-4H3/t13-,14-/m0/s1. The topological polar surface area (TPSA) is 105 Å². The van der Waals surface area contributed by atoms with Crippen molar-refractivity contribution in [3.63, 3.8) is 0 Å². The maximum atomic E-state index is 12.1. The molecule has 2 aliphatic rings. The van der Waals surface area contributed by atoms with Crippen molar-refractivity contribution >= 4 is 30.3 Å². The molecule has 2 saturated heterocycles. The summed E-state index contributed by atoms with van der Waals surface area (Å²) in [5, 5.41) is 19.3. The molecule has 0 aliphatic carbocycles. The van der Waals surface area contributed by atoms with Gasteiger partial charge in [-0.25, -0.2) is 9.97 Å². The van der Waals surface area contributed by atoms with Crippen molar-refractivity contribution in [3.8, 4) is 0 Å². The normalized spacial score (nSPS) is 25.0. The summed E-state index contributed by atoms with van der Waals surface area (Å²) in [6.45, 7) is 8.54. The van der Waals surface area contributed by atoms with Gasteiger partial charge in [-0.15, -0.1) is 0 Å². The zero-order valence-electron chi connectivity index (χ0n) is 16.8. The molecule has 10 heteroatoms. The number of carbonyl (C=O) groups is 1. The van der Waals surface area contributed by atoms with Gasteiger partial charge in [0.05, 0.1) is 17.8 Å². The van der Waals surface area contributed by atoms with Crippen LogP contribution in [0.1, 0.15) is 40.5 Å². The average Bonchev–Trinajstić information content (AvgIpc) is 2.88. The lowest BCUT2D eigenvalue weighted by molar-refractivity contribution is -0.142. The van der Waals surface area contributed by atoms with Crippen LogP contribution in [0.2, 0.25) is 0 Å². The van der Waals surface area contributed by atoms with E-state index in [9.17, 15) is 9.90 Å². The molecule has 0 saturated carbocycles. The molecule has 0 unspecified atom stereocenters. The number of aliphatic hydroxyl groups is 2. The van der Waals surface area contributed by atoms with E-state index in [4.69, 9.17) is 14.4 Å². The monoisotopic (exact) mass is 409 g/mol. The fraction of sp³-hybridized carbons (Fsp3) is 0.722. The molecule has 1 amide bonds. The van der Waals surface area contributed by atoms with Crippen molar-refractivity contribution in [2.24, 2.45) is 0 Å². The highest BCUT2D eigenvalue weighted by atomic mass is 32.2. The van der Waals surface area contributed by atoms with Crippen molar-refractivity contribution in [2.45, 2.75) is 68.2 Å². The number of nitrogens with zero attached hydrogens (tertiary/aromatic N) is 3. The number of aromatic nitrogens is 2. The summed E-state index contributed by atoms with van der Waals surface area (Å²) in [5.74, 6) is -0.426. The second-order valence-corrected chi connectivity index (χ2v) is 9.52. The van der Waals surface area contributed by atoms with E-state index < -0.39 is 36.9 Å². The third-order valence-electron chi connectivity index (χ3n) is 5.59. The third kappa shape index (κ3) is 4.51. The first-order valence-corrected chi connectivity index (χ1v) is 10.4. The predicted molar refractivity (Wildman–Crippen MR) is 106 cm³/mol. The summed E-state index contributed by atoms with van der Waals surface area (Å²) >= 11 is 1.51. The van der Waals surface area contributed by atoms with Crippen LogP contribution >= 0.6 is 11.8 Å². The molecule has 3 heterocycles. The van der Waals surface area contributed by atoms with E-state index in [0.717, 1.165) is 18.3 Å². The molecular formula is C18H28BN3O5S. The van der Waals surface area contributed by atoms with Crippen LogP contribution in [-0.4, -0.2) is 80.4 Å². The SMILES string of the molecule is CC1(C)OB(c2cnc(S[C@H]3CCCN(C(=O)[C@@H](O)CO)C3)nc2)OC1(C)C. The Morgan fingerprint density at radius 2 is 1.93 bits per heavy atom. The first-order chi connectivity index (χ1) is 13.1. The number of aliphatic hydroxyl groups excluding tert-OH is 2. The molecule has 0 spiro atoms. The van der Waals surface area contributed by atoms with Crippen LogP contribution in [0, 0.1) is 0 Å². The van der Waals surface area contributed by atoms with E-state index in [1.165, 1.54) is 11.8 Å². The lowest BCUT2D eigenvalue weighted by Crippen LogP contribution is -2.46. The quantitative estimate of drug-likeness (QED) is 0.526. The van der Waals surface area contributed by atoms with Crippen LogP contribution in [-0.2, 0) is 14.1 Å². The molecule has 0 radical (unpaired) electrons. The van der Waals surface area contributed by atoms with Gasteiger partial charge >= 0.3 is 7.12 Å². The summed E-state index contributed by atoms with van der Waals surface area (Å²) in [4.78, 5) is 22.5. The van der Waals surface area contributed by atoms with Crippen molar-refractivity contribution in [2.75, 3.05) is 19.7 Å². The molecule has 1 aromatic heterocycles. The lowest BCUT2D eigenvalue weighted by atomic mass is 9.81. The molecule has 0 aromatic carbocycles. The van der Waals surface area contributed by atoms with E-state index in [0.29, 0.717) is 18.2 Å². The molecule has 0 bridgehead atoms. The van der Waals surface area contributed by atoms with Gasteiger partial charge in [-0.05, 0) is 40.5 Å². The first-order valence-electron chi connectivity index (χ1n) is 9.55. The fourth-order valence-electron chi connectivity index (χ4n) is 3.16. The maximum absolute atomic E-state index is 12.1. The zero-order chi connectivity index (χ0) is 20.5. The van der Waals surface area contributed by atoms with Gasteiger partial charge in [0.1, 0.15) is 0 Å². The van der Waals surface area contributed by atoms with Gasteiger partial charge in [-0.2, -0.15) is 0 Å². The van der Waals surface area contributed by atoms with Gasteiger partial charge in [-0.3, -0.25) is 4.79 Å². The average molecular weight is 409 g/mol. The minimum absolute atomic E-state index is 0.145. The van der Waals surface area contributed by atoms with Crippen molar-refractivity contribution in [1.82, 2.24) is 14.9 Å². The highest BCUT2D eigenvalue weighted by Gasteiger charge is 2.52. The Labute approximate surface area is 170 Å². The predicted octanol–water partition coefficient (Wildman–Crippen LogP) is 0.212. The van der Waals surface area contributed by atoms with Crippen molar-refractivity contribution < 1.29 is 24.3 Å². The lowest BCUT2D eigenvalue weighted by Gasteiger charge is -2.33. The first kappa shape index (κ1) is 21.5. The smallest absolute Gasteiger partial charge is 0.399 e. The van der Waals surface area contributed by atoms with Gasteiger partial charge in [0.2, 0.25) is 0 Å². The summed E-state index contributed by atoms with van der Waals surface area (Å²) in [5.41, 5.74) is -0.0560. The molecule has 1 aromatic rings. The van der Waals surface area contributed by atoms with Crippen LogP contribution in [0.5, 0.6) is 0 Å². The number of likely N-dealkylation sites (tertiary alicyclic amines) is 1. The summed E-state index contributed by atoms with van der Waals surface area (Å²) < 4.78 is 12.0. The van der Waals surface area contributed by atoms with E-state index in [1.54, 1.807) is 17.3 Å². The van der Waals surface area contributed by atoms with Crippen LogP contribution < -0.4 is 5.46 Å². The minimum Gasteiger partial charge on any atom is -0.399 e. The Morgan fingerprint density at radius 1 is 1.32 bits per heavy atom. The summed E-state index contributed by atoms with van der Waals surface area (Å²) in [7, 11) is -0.494. The van der Waals surface area contributed by atoms with Crippen LogP contribution in [0.3, 0.4) is 0 Å². The van der Waals surface area contributed by atoms with Gasteiger partial charge in [0.25, 0.3) is 5.91 Å². The molecule has 8 nitrogen and oxygen atoms in total. The Hall–Kier alpha value is -1.20. The molecule has 2 aliphatic heterocycles. The Bertz CT molecular complexity index is 687. The van der Waals surface area contributed by atoms with Gasteiger partial charge in [-0.1, -0.05) is 11.8 Å². The van der Waals surface area contributed by atoms with E-state index in [2.05, 4.69) is 9.97 Å². The van der Waals surface area contributed by atoms with E-state index in [1.807, 2.05) is 27.7 Å². The van der Waals surface area contributed by atoms with Crippen molar-refractivity contribution in [3.05, 3.63) is 12.4 Å². The van der Waals surface area contributed by atoms with Gasteiger partial charge < -0.3 is 24.4 Å². The largest absolute Gasteiger partial charge is 0.498 e. The molecule has 3 rings (SSSR count). The minimum atomic E-state index is -1.35. The Kier molecular flexibility index (Phi) is 6.36. The Balaban J connectivity index is 1.60. The van der Waals surface area contributed by atoms with E-state index in [-0.39, 0.29) is 5.25 Å². The van der Waals surface area contributed by atoms with Crippen LogP contribution in [0.4, 0.5) is 0 Å². The number of hydrogen-bond acceptors (Lipinski definition) is 8. The second-order valence-electron chi connectivity index (χ2n) is 8.25. The van der Waals surface area contributed by atoms with E-state index >= 15 is 0 Å². The molecule has 2 fully saturated rings. The van der Waals surface area contributed by atoms with Crippen LogP contribution in [0.25, 0.3) is 0 Å². The van der Waals surface area contributed by atoms with Gasteiger partial charge in [0, 0.05) is 36.2 Å². The van der Waals surface area contributed by atoms with Crippen molar-refractivity contribution in [1.29, 1.82) is 0 Å². The number of hydrogen-bond donors (Lipinski definition) is 2. The molecular weight excluding hydrogens is 381 g/mol. The van der Waals surface area contributed by atoms with Gasteiger partial charge in [0.15, 0.2) is 11.3 Å². The van der Waals surface area contributed by atoms with Crippen LogP contribution in [0.15, 0.2) is 17.6 Å². The number of amides is 1. The number of thioether (sulfide) groups is 1. The maximum Gasteiger partial charge on any atom is 0.498 e. The zero-order valence-corrected chi connectivity index (χ0v) is 17.6. The highest BCUT2D eigenvalue weighted by Crippen LogP contribution is 2.36. The third-order valence-corrected chi connectivity index (χ3v) is 6.73. The summed E-state index contributed by atoms with van der Waals surface area (Å²) in [6.07, 6.45) is 3.87. The number of rotatable bonds is 5. The number of carbonyl (C=O) groups excluding carboxylic acids is 1. The molecule has 154 valence electrons. The summed E-state index contributed by atoms with van der Waals surface area (Å²) in [6, 6.07) is 0. The Morgan fingerprint density at radius 3 is 2.50 bits per heavy atom. The number of piperidine rings is 1. The molecule has 2 N–H and O–H groups in total. The highest BCUT2D eigenvalue weighted by molar-refractivity contribution is 7.99. The fourth-order valence-corrected chi connectivity index (χ4v) is 4.22.